The van der Waals surface area contributed by atoms with Crippen molar-refractivity contribution in [2.24, 2.45) is 0 Å². The summed E-state index contributed by atoms with van der Waals surface area (Å²) in [6, 6.07) is 12.9. The molecule has 1 fully saturated rings. The first-order valence-corrected chi connectivity index (χ1v) is 6.50. The number of benzene rings is 1. The van der Waals surface area contributed by atoms with E-state index >= 15 is 0 Å². The Morgan fingerprint density at radius 2 is 2.00 bits per heavy atom. The molecule has 4 rings (SSSR count). The second kappa shape index (κ2) is 3.62. The van der Waals surface area contributed by atoms with Gasteiger partial charge in [-0.25, -0.2) is 0 Å². The number of nitrogens with zero attached hydrogens (tertiary/aromatic N) is 1. The van der Waals surface area contributed by atoms with E-state index < -0.39 is 0 Å². The minimum atomic E-state index is -0.108. The van der Waals surface area contributed by atoms with E-state index in [1.807, 2.05) is 6.07 Å². The Kier molecular flexibility index (Phi) is 2.06. The van der Waals surface area contributed by atoms with Gasteiger partial charge in [0.2, 0.25) is 0 Å². The third kappa shape index (κ3) is 1.28. The largest absolute Gasteiger partial charge is 0.483 e. The van der Waals surface area contributed by atoms with Crippen LogP contribution in [0.1, 0.15) is 18.0 Å². The van der Waals surface area contributed by atoms with Crippen molar-refractivity contribution in [3.63, 3.8) is 0 Å². The van der Waals surface area contributed by atoms with E-state index in [0.29, 0.717) is 6.04 Å². The lowest BCUT2D eigenvalue weighted by molar-refractivity contribution is 0.0796. The maximum atomic E-state index is 6.31. The zero-order chi connectivity index (χ0) is 12.0. The molecule has 0 aliphatic carbocycles. The summed E-state index contributed by atoms with van der Waals surface area (Å²) in [5, 5.41) is 3.44. The molecule has 1 saturated heterocycles. The molecule has 2 atom stereocenters. The first-order valence-electron chi connectivity index (χ1n) is 6.50. The van der Waals surface area contributed by atoms with Gasteiger partial charge in [0.05, 0.1) is 0 Å². The molecule has 2 aromatic rings. The molecule has 1 N–H and O–H groups in total. The van der Waals surface area contributed by atoms with Crippen LogP contribution < -0.4 is 10.1 Å². The highest BCUT2D eigenvalue weighted by atomic mass is 16.5. The van der Waals surface area contributed by atoms with Crippen molar-refractivity contribution in [3.05, 3.63) is 54.4 Å². The standard InChI is InChI=1S/C15H16N2O/c1-2-6-13-12(5-1)14(17-9-3-4-10-17)15(18-13)7-8-16-11-15/h1-6,9-10,14,16H,7-8,11H2/t14-,15+/m0/s1. The van der Waals surface area contributed by atoms with Crippen LogP contribution >= 0.6 is 0 Å². The fourth-order valence-corrected chi connectivity index (χ4v) is 3.32. The number of fused-ring (bicyclic) bond motifs is 1. The van der Waals surface area contributed by atoms with Crippen LogP contribution in [0.25, 0.3) is 0 Å². The van der Waals surface area contributed by atoms with E-state index in [1.54, 1.807) is 0 Å². The van der Waals surface area contributed by atoms with Gasteiger partial charge in [0.15, 0.2) is 0 Å². The van der Waals surface area contributed by atoms with E-state index in [1.165, 1.54) is 5.56 Å². The smallest absolute Gasteiger partial charge is 0.147 e. The molecule has 18 heavy (non-hydrogen) atoms. The van der Waals surface area contributed by atoms with E-state index in [9.17, 15) is 0 Å². The summed E-state index contributed by atoms with van der Waals surface area (Å²) in [6.45, 7) is 1.95. The van der Waals surface area contributed by atoms with Crippen molar-refractivity contribution < 1.29 is 4.74 Å². The van der Waals surface area contributed by atoms with Gasteiger partial charge in [-0.05, 0) is 24.7 Å². The number of rotatable bonds is 1. The summed E-state index contributed by atoms with van der Waals surface area (Å²) in [6.07, 6.45) is 5.33. The lowest BCUT2D eigenvalue weighted by atomic mass is 9.90. The topological polar surface area (TPSA) is 26.2 Å². The van der Waals surface area contributed by atoms with Crippen LogP contribution in [0.3, 0.4) is 0 Å². The summed E-state index contributed by atoms with van der Waals surface area (Å²) < 4.78 is 8.59. The van der Waals surface area contributed by atoms with Gasteiger partial charge in [0.1, 0.15) is 17.4 Å². The van der Waals surface area contributed by atoms with E-state index in [-0.39, 0.29) is 5.60 Å². The molecule has 1 aromatic carbocycles. The Hall–Kier alpha value is -1.74. The first kappa shape index (κ1) is 10.2. The third-order valence-electron chi connectivity index (χ3n) is 4.10. The predicted octanol–water partition coefficient (Wildman–Crippen LogP) is 2.20. The average molecular weight is 240 g/mol. The molecule has 2 aliphatic heterocycles. The minimum absolute atomic E-state index is 0.108. The molecule has 1 aromatic heterocycles. The molecular formula is C15H16N2O. The molecule has 92 valence electrons. The quantitative estimate of drug-likeness (QED) is 0.827. The lowest BCUT2D eigenvalue weighted by Crippen LogP contribution is -2.42. The molecule has 2 aliphatic rings. The van der Waals surface area contributed by atoms with Crippen molar-refractivity contribution in [1.29, 1.82) is 0 Å². The van der Waals surface area contributed by atoms with Crippen molar-refractivity contribution in [2.75, 3.05) is 13.1 Å². The van der Waals surface area contributed by atoms with Crippen molar-refractivity contribution >= 4 is 0 Å². The molecule has 3 heteroatoms. The van der Waals surface area contributed by atoms with Crippen LogP contribution in [0.15, 0.2) is 48.8 Å². The SMILES string of the molecule is c1ccc2c(c1)O[C@@]1(CCNC1)[C@H]2n1cccc1. The summed E-state index contributed by atoms with van der Waals surface area (Å²) in [7, 11) is 0. The average Bonchev–Trinajstić information content (AvgIpc) is 3.09. The maximum absolute atomic E-state index is 6.31. The fourth-order valence-electron chi connectivity index (χ4n) is 3.32. The highest BCUT2D eigenvalue weighted by molar-refractivity contribution is 5.44. The van der Waals surface area contributed by atoms with Gasteiger partial charge < -0.3 is 14.6 Å². The molecule has 3 nitrogen and oxygen atoms in total. The van der Waals surface area contributed by atoms with Gasteiger partial charge in [-0.15, -0.1) is 0 Å². The van der Waals surface area contributed by atoms with Gasteiger partial charge in [-0.1, -0.05) is 18.2 Å². The highest BCUT2D eigenvalue weighted by Gasteiger charge is 2.50. The Labute approximate surface area is 106 Å². The number of hydrogen-bond donors (Lipinski definition) is 1. The van der Waals surface area contributed by atoms with Crippen LogP contribution in [-0.4, -0.2) is 23.3 Å². The van der Waals surface area contributed by atoms with Crippen LogP contribution in [-0.2, 0) is 0 Å². The zero-order valence-corrected chi connectivity index (χ0v) is 10.2. The maximum Gasteiger partial charge on any atom is 0.147 e. The number of ether oxygens (including phenoxy) is 1. The number of nitrogens with one attached hydrogen (secondary N) is 1. The van der Waals surface area contributed by atoms with Crippen molar-refractivity contribution in [3.8, 4) is 5.75 Å². The lowest BCUT2D eigenvalue weighted by Gasteiger charge is -2.30. The summed E-state index contributed by atoms with van der Waals surface area (Å²) in [5.74, 6) is 1.04. The summed E-state index contributed by atoms with van der Waals surface area (Å²) in [4.78, 5) is 0. The van der Waals surface area contributed by atoms with Crippen LogP contribution in [0.5, 0.6) is 5.75 Å². The second-order valence-corrected chi connectivity index (χ2v) is 5.16. The monoisotopic (exact) mass is 240 g/mol. The van der Waals surface area contributed by atoms with Gasteiger partial charge in [0, 0.05) is 30.9 Å². The molecule has 0 bridgehead atoms. The van der Waals surface area contributed by atoms with Gasteiger partial charge in [-0.3, -0.25) is 0 Å². The minimum Gasteiger partial charge on any atom is -0.483 e. The van der Waals surface area contributed by atoms with E-state index in [0.717, 1.165) is 25.3 Å². The predicted molar refractivity (Wildman–Crippen MR) is 69.9 cm³/mol. The highest BCUT2D eigenvalue weighted by Crippen LogP contribution is 2.48. The zero-order valence-electron chi connectivity index (χ0n) is 10.2. The number of aromatic nitrogens is 1. The summed E-state index contributed by atoms with van der Waals surface area (Å²) >= 11 is 0. The van der Waals surface area contributed by atoms with Crippen LogP contribution in [0, 0.1) is 0 Å². The van der Waals surface area contributed by atoms with Gasteiger partial charge in [-0.2, -0.15) is 0 Å². The normalized spacial score (nSPS) is 29.4. The number of para-hydroxylation sites is 1. The van der Waals surface area contributed by atoms with Gasteiger partial charge in [0.25, 0.3) is 0 Å². The van der Waals surface area contributed by atoms with Crippen molar-refractivity contribution in [1.82, 2.24) is 9.88 Å². The molecular weight excluding hydrogens is 224 g/mol. The van der Waals surface area contributed by atoms with Gasteiger partial charge >= 0.3 is 0 Å². The third-order valence-corrected chi connectivity index (χ3v) is 4.10. The van der Waals surface area contributed by atoms with Crippen LogP contribution in [0.4, 0.5) is 0 Å². The Bertz CT molecular complexity index is 556. The Morgan fingerprint density at radius 1 is 1.17 bits per heavy atom. The molecule has 0 unspecified atom stereocenters. The first-order chi connectivity index (χ1) is 8.89. The fraction of sp³-hybridized carbons (Fsp3) is 0.333. The van der Waals surface area contributed by atoms with E-state index in [4.69, 9.17) is 4.74 Å². The van der Waals surface area contributed by atoms with Crippen LogP contribution in [0.2, 0.25) is 0 Å². The molecule has 1 spiro atoms. The second-order valence-electron chi connectivity index (χ2n) is 5.16. The molecule has 0 radical (unpaired) electrons. The number of hydrogen-bond acceptors (Lipinski definition) is 2. The summed E-state index contributed by atoms with van der Waals surface area (Å²) in [5.41, 5.74) is 1.19. The van der Waals surface area contributed by atoms with E-state index in [2.05, 4.69) is 52.6 Å². The Balaban J connectivity index is 1.88. The Morgan fingerprint density at radius 3 is 2.78 bits per heavy atom. The molecule has 0 saturated carbocycles. The molecule has 3 heterocycles. The molecule has 0 amide bonds. The van der Waals surface area contributed by atoms with Crippen molar-refractivity contribution in [2.45, 2.75) is 18.1 Å².